The van der Waals surface area contributed by atoms with Crippen molar-refractivity contribution >= 4 is 17.3 Å². The van der Waals surface area contributed by atoms with Crippen molar-refractivity contribution in [1.82, 2.24) is 0 Å². The van der Waals surface area contributed by atoms with Gasteiger partial charge in [-0.3, -0.25) is 4.79 Å². The topological polar surface area (TPSA) is 82.8 Å². The van der Waals surface area contributed by atoms with Gasteiger partial charge in [-0.25, -0.2) is 0 Å². The number of benzene rings is 2. The smallest absolute Gasteiger partial charge is 0.255 e. The first kappa shape index (κ1) is 17.5. The molecular weight excluding hydrogens is 308 g/mol. The van der Waals surface area contributed by atoms with Crippen LogP contribution in [-0.4, -0.2) is 26.2 Å². The lowest BCUT2D eigenvalue weighted by atomic mass is 10.2. The molecule has 0 fully saturated rings. The fraction of sp³-hybridized carbons (Fsp3) is 0.278. The van der Waals surface area contributed by atoms with Crippen molar-refractivity contribution in [2.24, 2.45) is 0 Å². The Morgan fingerprint density at radius 3 is 2.46 bits per heavy atom. The average molecular weight is 330 g/mol. The molecule has 0 atom stereocenters. The normalized spacial score (nSPS) is 10.1. The number of ether oxygens (including phenoxy) is 3. The molecule has 6 nitrogen and oxygen atoms in total. The van der Waals surface area contributed by atoms with Gasteiger partial charge < -0.3 is 25.3 Å². The van der Waals surface area contributed by atoms with E-state index in [9.17, 15) is 4.79 Å². The molecule has 1 amide bonds. The Hall–Kier alpha value is -2.89. The molecule has 0 heterocycles. The number of nitrogen functional groups attached to an aromatic ring is 1. The van der Waals surface area contributed by atoms with Crippen LogP contribution in [0.3, 0.4) is 0 Å². The number of nitrogens with one attached hydrogen (secondary N) is 1. The molecule has 0 spiro atoms. The van der Waals surface area contributed by atoms with E-state index in [1.807, 2.05) is 13.8 Å². The number of carbonyl (C=O) groups is 1. The fourth-order valence-corrected chi connectivity index (χ4v) is 2.19. The number of nitrogens with two attached hydrogens (primary N) is 1. The van der Waals surface area contributed by atoms with Crippen LogP contribution in [0.1, 0.15) is 24.2 Å². The van der Waals surface area contributed by atoms with Gasteiger partial charge in [-0.2, -0.15) is 0 Å². The average Bonchev–Trinajstić information content (AvgIpc) is 2.59. The van der Waals surface area contributed by atoms with Crippen LogP contribution in [0.25, 0.3) is 0 Å². The van der Waals surface area contributed by atoms with Crippen LogP contribution in [-0.2, 0) is 0 Å². The van der Waals surface area contributed by atoms with E-state index in [0.717, 1.165) is 0 Å². The summed E-state index contributed by atoms with van der Waals surface area (Å²) in [6.45, 7) is 4.65. The molecule has 0 saturated carbocycles. The third-order valence-corrected chi connectivity index (χ3v) is 3.29. The molecule has 0 bridgehead atoms. The zero-order chi connectivity index (χ0) is 17.5. The second kappa shape index (κ2) is 8.10. The minimum atomic E-state index is -0.276. The summed E-state index contributed by atoms with van der Waals surface area (Å²) in [7, 11) is 1.55. The van der Waals surface area contributed by atoms with Crippen molar-refractivity contribution in [1.29, 1.82) is 0 Å². The van der Waals surface area contributed by atoms with Gasteiger partial charge in [-0.15, -0.1) is 0 Å². The molecule has 0 aliphatic heterocycles. The van der Waals surface area contributed by atoms with Gasteiger partial charge in [0.2, 0.25) is 0 Å². The summed E-state index contributed by atoms with van der Waals surface area (Å²) >= 11 is 0. The Labute approximate surface area is 141 Å². The zero-order valence-electron chi connectivity index (χ0n) is 14.1. The first-order valence-electron chi connectivity index (χ1n) is 7.73. The molecule has 24 heavy (non-hydrogen) atoms. The van der Waals surface area contributed by atoms with E-state index in [1.165, 1.54) is 0 Å². The third kappa shape index (κ3) is 4.10. The zero-order valence-corrected chi connectivity index (χ0v) is 14.1. The SMILES string of the molecule is CCOc1cc(NC(=O)c2cccc(OC)c2)c(OCC)cc1N. The van der Waals surface area contributed by atoms with Gasteiger partial charge in [0.1, 0.15) is 17.2 Å². The monoisotopic (exact) mass is 330 g/mol. The molecule has 0 radical (unpaired) electrons. The van der Waals surface area contributed by atoms with Crippen molar-refractivity contribution in [3.05, 3.63) is 42.0 Å². The van der Waals surface area contributed by atoms with Crippen molar-refractivity contribution in [2.75, 3.05) is 31.4 Å². The summed E-state index contributed by atoms with van der Waals surface area (Å²) in [5, 5.41) is 2.83. The quantitative estimate of drug-likeness (QED) is 0.761. The highest BCUT2D eigenvalue weighted by atomic mass is 16.5. The van der Waals surface area contributed by atoms with Crippen molar-refractivity contribution in [3.63, 3.8) is 0 Å². The minimum absolute atomic E-state index is 0.276. The molecule has 0 aromatic heterocycles. The Morgan fingerprint density at radius 1 is 1.08 bits per heavy atom. The van der Waals surface area contributed by atoms with Gasteiger partial charge in [-0.1, -0.05) is 6.07 Å². The third-order valence-electron chi connectivity index (χ3n) is 3.29. The van der Waals surface area contributed by atoms with Crippen LogP contribution < -0.4 is 25.3 Å². The van der Waals surface area contributed by atoms with Gasteiger partial charge >= 0.3 is 0 Å². The lowest BCUT2D eigenvalue weighted by molar-refractivity contribution is 0.102. The Bertz CT molecular complexity index is 716. The van der Waals surface area contributed by atoms with Crippen molar-refractivity contribution in [3.8, 4) is 17.2 Å². The summed E-state index contributed by atoms with van der Waals surface area (Å²) in [4.78, 5) is 12.5. The molecule has 3 N–H and O–H groups in total. The van der Waals surface area contributed by atoms with E-state index in [2.05, 4.69) is 5.32 Å². The van der Waals surface area contributed by atoms with E-state index in [1.54, 1.807) is 43.5 Å². The van der Waals surface area contributed by atoms with Crippen LogP contribution in [0.5, 0.6) is 17.2 Å². The van der Waals surface area contributed by atoms with Gasteiger partial charge in [0.05, 0.1) is 31.7 Å². The summed E-state index contributed by atoms with van der Waals surface area (Å²) in [6.07, 6.45) is 0. The van der Waals surface area contributed by atoms with E-state index in [-0.39, 0.29) is 5.91 Å². The van der Waals surface area contributed by atoms with Gasteiger partial charge in [0.15, 0.2) is 0 Å². The molecule has 0 aliphatic carbocycles. The highest BCUT2D eigenvalue weighted by Gasteiger charge is 2.14. The molecule has 128 valence electrons. The molecule has 2 rings (SSSR count). The fourth-order valence-electron chi connectivity index (χ4n) is 2.19. The molecule has 0 aliphatic rings. The van der Waals surface area contributed by atoms with Gasteiger partial charge in [-0.05, 0) is 32.0 Å². The van der Waals surface area contributed by atoms with Crippen LogP contribution in [0, 0.1) is 0 Å². The maximum Gasteiger partial charge on any atom is 0.255 e. The molecule has 2 aromatic carbocycles. The lowest BCUT2D eigenvalue weighted by Crippen LogP contribution is -2.13. The van der Waals surface area contributed by atoms with Crippen molar-refractivity contribution in [2.45, 2.75) is 13.8 Å². The lowest BCUT2D eigenvalue weighted by Gasteiger charge is -2.15. The summed E-state index contributed by atoms with van der Waals surface area (Å²) in [5.74, 6) is 1.33. The van der Waals surface area contributed by atoms with Crippen LogP contribution >= 0.6 is 0 Å². The van der Waals surface area contributed by atoms with E-state index in [4.69, 9.17) is 19.9 Å². The van der Waals surface area contributed by atoms with Crippen LogP contribution in [0.4, 0.5) is 11.4 Å². The van der Waals surface area contributed by atoms with Crippen molar-refractivity contribution < 1.29 is 19.0 Å². The second-order valence-corrected chi connectivity index (χ2v) is 4.94. The van der Waals surface area contributed by atoms with Crippen LogP contribution in [0.2, 0.25) is 0 Å². The highest BCUT2D eigenvalue weighted by molar-refractivity contribution is 6.05. The molecule has 6 heteroatoms. The maximum absolute atomic E-state index is 12.5. The summed E-state index contributed by atoms with van der Waals surface area (Å²) in [6, 6.07) is 10.2. The van der Waals surface area contributed by atoms with E-state index >= 15 is 0 Å². The Balaban J connectivity index is 2.31. The molecular formula is C18H22N2O4. The summed E-state index contributed by atoms with van der Waals surface area (Å²) in [5.41, 5.74) is 7.39. The van der Waals surface area contributed by atoms with E-state index < -0.39 is 0 Å². The first-order chi connectivity index (χ1) is 11.6. The second-order valence-electron chi connectivity index (χ2n) is 4.94. The Morgan fingerprint density at radius 2 is 1.79 bits per heavy atom. The van der Waals surface area contributed by atoms with Gasteiger partial charge in [0.25, 0.3) is 5.91 Å². The number of hydrogen-bond acceptors (Lipinski definition) is 5. The van der Waals surface area contributed by atoms with Crippen LogP contribution in [0.15, 0.2) is 36.4 Å². The summed E-state index contributed by atoms with van der Waals surface area (Å²) < 4.78 is 16.2. The molecule has 2 aromatic rings. The standard InChI is InChI=1S/C18H22N2O4/c1-4-23-16-11-15(17(24-5-2)10-14(16)19)20-18(21)12-7-6-8-13(9-12)22-3/h6-11H,4-5,19H2,1-3H3,(H,20,21). The largest absolute Gasteiger partial charge is 0.497 e. The predicted octanol–water partition coefficient (Wildman–Crippen LogP) is 3.33. The number of anilines is 2. The van der Waals surface area contributed by atoms with Gasteiger partial charge in [0, 0.05) is 17.7 Å². The molecule has 0 unspecified atom stereocenters. The minimum Gasteiger partial charge on any atom is -0.497 e. The number of carbonyl (C=O) groups excluding carboxylic acids is 1. The Kier molecular flexibility index (Phi) is 5.89. The highest BCUT2D eigenvalue weighted by Crippen LogP contribution is 2.35. The van der Waals surface area contributed by atoms with E-state index in [0.29, 0.717) is 47.4 Å². The molecule has 0 saturated heterocycles. The first-order valence-corrected chi connectivity index (χ1v) is 7.73. The number of hydrogen-bond donors (Lipinski definition) is 2. The number of rotatable bonds is 7. The maximum atomic E-state index is 12.5. The number of amides is 1. The predicted molar refractivity (Wildman–Crippen MR) is 94.1 cm³/mol. The number of methoxy groups -OCH3 is 1.